The fourth-order valence-electron chi connectivity index (χ4n) is 2.96. The lowest BCUT2D eigenvalue weighted by Crippen LogP contribution is -2.25. The van der Waals surface area contributed by atoms with Crippen molar-refractivity contribution in [2.24, 2.45) is 0 Å². The van der Waals surface area contributed by atoms with Gasteiger partial charge in [0, 0.05) is 23.0 Å². The SMILES string of the molecule is Cc1cc(C)c2c(CNC(=O)Cc3ccc(Cl)cc3)cc(=O)oc2c1. The number of carbonyl (C=O) groups is 1. The lowest BCUT2D eigenvalue weighted by Gasteiger charge is -2.10. The second kappa shape index (κ2) is 7.11. The minimum Gasteiger partial charge on any atom is -0.423 e. The molecule has 1 heterocycles. The molecule has 0 aliphatic carbocycles. The van der Waals surface area contributed by atoms with E-state index in [1.165, 1.54) is 6.07 Å². The van der Waals surface area contributed by atoms with Crippen LogP contribution < -0.4 is 10.9 Å². The summed E-state index contributed by atoms with van der Waals surface area (Å²) in [5.74, 6) is -0.117. The molecule has 0 aliphatic rings. The van der Waals surface area contributed by atoms with Gasteiger partial charge in [-0.05, 0) is 54.3 Å². The number of amides is 1. The average Bonchev–Trinajstić information content (AvgIpc) is 2.54. The van der Waals surface area contributed by atoms with Crippen LogP contribution in [-0.4, -0.2) is 5.91 Å². The minimum absolute atomic E-state index is 0.117. The number of rotatable bonds is 4. The molecule has 4 nitrogen and oxygen atoms in total. The number of benzene rings is 2. The second-order valence-electron chi connectivity index (χ2n) is 6.13. The fourth-order valence-corrected chi connectivity index (χ4v) is 3.08. The number of nitrogens with one attached hydrogen (secondary N) is 1. The van der Waals surface area contributed by atoms with E-state index in [9.17, 15) is 9.59 Å². The van der Waals surface area contributed by atoms with Crippen LogP contribution in [0.2, 0.25) is 5.02 Å². The predicted octanol–water partition coefficient (Wildman–Crippen LogP) is 3.92. The summed E-state index contributed by atoms with van der Waals surface area (Å²) in [4.78, 5) is 24.0. The molecule has 25 heavy (non-hydrogen) atoms. The lowest BCUT2D eigenvalue weighted by atomic mass is 10.0. The third-order valence-electron chi connectivity index (χ3n) is 4.02. The van der Waals surface area contributed by atoms with Gasteiger partial charge in [-0.15, -0.1) is 0 Å². The van der Waals surface area contributed by atoms with Crippen molar-refractivity contribution in [1.29, 1.82) is 0 Å². The summed E-state index contributed by atoms with van der Waals surface area (Å²) < 4.78 is 5.30. The fraction of sp³-hybridized carbons (Fsp3) is 0.200. The maximum absolute atomic E-state index is 12.2. The van der Waals surface area contributed by atoms with E-state index in [1.807, 2.05) is 38.1 Å². The molecule has 0 aliphatic heterocycles. The van der Waals surface area contributed by atoms with Crippen molar-refractivity contribution in [3.8, 4) is 0 Å². The molecule has 0 spiro atoms. The van der Waals surface area contributed by atoms with E-state index in [2.05, 4.69) is 5.32 Å². The van der Waals surface area contributed by atoms with Gasteiger partial charge >= 0.3 is 5.63 Å². The van der Waals surface area contributed by atoms with Gasteiger partial charge in [-0.3, -0.25) is 4.79 Å². The summed E-state index contributed by atoms with van der Waals surface area (Å²) in [7, 11) is 0. The highest BCUT2D eigenvalue weighted by molar-refractivity contribution is 6.30. The molecule has 5 heteroatoms. The predicted molar refractivity (Wildman–Crippen MR) is 99.0 cm³/mol. The van der Waals surface area contributed by atoms with Crippen LogP contribution >= 0.6 is 11.6 Å². The number of halogens is 1. The van der Waals surface area contributed by atoms with Crippen LogP contribution in [0.1, 0.15) is 22.3 Å². The van der Waals surface area contributed by atoms with Gasteiger partial charge in [0.1, 0.15) is 5.58 Å². The molecule has 3 rings (SSSR count). The van der Waals surface area contributed by atoms with E-state index in [4.69, 9.17) is 16.0 Å². The van der Waals surface area contributed by atoms with Gasteiger partial charge in [0.2, 0.25) is 5.91 Å². The van der Waals surface area contributed by atoms with Crippen LogP contribution in [0.15, 0.2) is 51.7 Å². The quantitative estimate of drug-likeness (QED) is 0.721. The maximum atomic E-state index is 12.2. The van der Waals surface area contributed by atoms with Gasteiger partial charge in [-0.2, -0.15) is 0 Å². The van der Waals surface area contributed by atoms with E-state index in [1.54, 1.807) is 12.1 Å². The molecule has 1 aromatic heterocycles. The molecular weight excluding hydrogens is 338 g/mol. The second-order valence-corrected chi connectivity index (χ2v) is 6.56. The van der Waals surface area contributed by atoms with Crippen molar-refractivity contribution < 1.29 is 9.21 Å². The summed E-state index contributed by atoms with van der Waals surface area (Å²) in [5, 5.41) is 4.38. The van der Waals surface area contributed by atoms with Crippen molar-refractivity contribution in [1.82, 2.24) is 5.32 Å². The van der Waals surface area contributed by atoms with Crippen LogP contribution in [0.4, 0.5) is 0 Å². The highest BCUT2D eigenvalue weighted by atomic mass is 35.5. The largest absolute Gasteiger partial charge is 0.423 e. The van der Waals surface area contributed by atoms with E-state index in [0.29, 0.717) is 10.6 Å². The zero-order chi connectivity index (χ0) is 18.0. The highest BCUT2D eigenvalue weighted by Gasteiger charge is 2.11. The summed E-state index contributed by atoms with van der Waals surface area (Å²) in [5.41, 5.74) is 3.81. The zero-order valence-corrected chi connectivity index (χ0v) is 14.8. The zero-order valence-electron chi connectivity index (χ0n) is 14.1. The molecule has 0 atom stereocenters. The van der Waals surface area contributed by atoms with Gasteiger partial charge in [0.05, 0.1) is 6.42 Å². The van der Waals surface area contributed by atoms with Crippen molar-refractivity contribution in [3.63, 3.8) is 0 Å². The molecule has 2 aromatic carbocycles. The first kappa shape index (κ1) is 17.2. The van der Waals surface area contributed by atoms with Crippen LogP contribution in [0, 0.1) is 13.8 Å². The van der Waals surface area contributed by atoms with E-state index < -0.39 is 5.63 Å². The van der Waals surface area contributed by atoms with Gasteiger partial charge in [0.15, 0.2) is 0 Å². The molecule has 128 valence electrons. The number of carbonyl (C=O) groups excluding carboxylic acids is 1. The number of hydrogen-bond donors (Lipinski definition) is 1. The third-order valence-corrected chi connectivity index (χ3v) is 4.27. The van der Waals surface area contributed by atoms with Crippen molar-refractivity contribution in [2.75, 3.05) is 0 Å². The minimum atomic E-state index is -0.417. The molecule has 3 aromatic rings. The highest BCUT2D eigenvalue weighted by Crippen LogP contribution is 2.23. The number of hydrogen-bond acceptors (Lipinski definition) is 3. The van der Waals surface area contributed by atoms with Crippen molar-refractivity contribution in [3.05, 3.63) is 80.2 Å². The molecule has 0 fully saturated rings. The van der Waals surface area contributed by atoms with Gasteiger partial charge in [-0.25, -0.2) is 4.79 Å². The lowest BCUT2D eigenvalue weighted by molar-refractivity contribution is -0.120. The Hall–Kier alpha value is -2.59. The molecular formula is C20H18ClNO3. The Bertz CT molecular complexity index is 990. The normalized spacial score (nSPS) is 10.8. The Labute approximate surface area is 150 Å². The molecule has 0 saturated heterocycles. The Morgan fingerprint density at radius 2 is 1.84 bits per heavy atom. The van der Waals surface area contributed by atoms with E-state index >= 15 is 0 Å². The van der Waals surface area contributed by atoms with Gasteiger partial charge < -0.3 is 9.73 Å². The van der Waals surface area contributed by atoms with E-state index in [-0.39, 0.29) is 18.9 Å². The standard InChI is InChI=1S/C20H18ClNO3/c1-12-7-13(2)20-15(10-19(24)25-17(20)8-12)11-22-18(23)9-14-3-5-16(21)6-4-14/h3-8,10H,9,11H2,1-2H3,(H,22,23). The molecule has 0 saturated carbocycles. The van der Waals surface area contributed by atoms with Crippen LogP contribution in [0.5, 0.6) is 0 Å². The Morgan fingerprint density at radius 3 is 2.56 bits per heavy atom. The molecule has 1 N–H and O–H groups in total. The number of aryl methyl sites for hydroxylation is 2. The monoisotopic (exact) mass is 355 g/mol. The van der Waals surface area contributed by atoms with Crippen LogP contribution in [0.25, 0.3) is 11.0 Å². The number of fused-ring (bicyclic) bond motifs is 1. The van der Waals surface area contributed by atoms with Crippen LogP contribution in [0.3, 0.4) is 0 Å². The summed E-state index contributed by atoms with van der Waals surface area (Å²) in [6.45, 7) is 4.19. The molecule has 1 amide bonds. The summed E-state index contributed by atoms with van der Waals surface area (Å²) in [6, 6.07) is 12.5. The topological polar surface area (TPSA) is 59.3 Å². The smallest absolute Gasteiger partial charge is 0.336 e. The summed E-state index contributed by atoms with van der Waals surface area (Å²) >= 11 is 5.85. The Morgan fingerprint density at radius 1 is 1.12 bits per heavy atom. The van der Waals surface area contributed by atoms with Crippen molar-refractivity contribution >= 4 is 28.5 Å². The first-order valence-corrected chi connectivity index (χ1v) is 8.35. The van der Waals surface area contributed by atoms with Crippen LogP contribution in [-0.2, 0) is 17.8 Å². The molecule has 0 radical (unpaired) electrons. The average molecular weight is 356 g/mol. The van der Waals surface area contributed by atoms with Gasteiger partial charge in [0.25, 0.3) is 0 Å². The Kier molecular flexibility index (Phi) is 4.91. The summed E-state index contributed by atoms with van der Waals surface area (Å²) in [6.07, 6.45) is 0.259. The Balaban J connectivity index is 1.80. The first-order valence-electron chi connectivity index (χ1n) is 7.97. The first-order chi connectivity index (χ1) is 11.9. The molecule has 0 unspecified atom stereocenters. The third kappa shape index (κ3) is 4.09. The van der Waals surface area contributed by atoms with E-state index in [0.717, 1.165) is 27.6 Å². The van der Waals surface area contributed by atoms with Crippen molar-refractivity contribution in [2.45, 2.75) is 26.8 Å². The van der Waals surface area contributed by atoms with Gasteiger partial charge in [-0.1, -0.05) is 29.8 Å². The molecule has 0 bridgehead atoms. The maximum Gasteiger partial charge on any atom is 0.336 e.